The number of nitrogens with zero attached hydrogens (tertiary/aromatic N) is 3. The van der Waals surface area contributed by atoms with Crippen molar-refractivity contribution in [3.63, 3.8) is 0 Å². The van der Waals surface area contributed by atoms with Crippen molar-refractivity contribution >= 4 is 40.5 Å². The van der Waals surface area contributed by atoms with Crippen LogP contribution in [0.4, 0.5) is 5.69 Å². The fraction of sp³-hybridized carbons (Fsp3) is 0.258. The SMILES string of the molecule is COc1cc(/C=C2\SC(=Nc3ccccc3)N(C)C2=O)ccc1OCc1ccc(C(=O)N2CCCCC2)cc1. The second kappa shape index (κ2) is 12.2. The van der Waals surface area contributed by atoms with Gasteiger partial charge in [0.2, 0.25) is 0 Å². The van der Waals surface area contributed by atoms with Gasteiger partial charge < -0.3 is 14.4 Å². The first-order chi connectivity index (χ1) is 19.0. The molecule has 3 aromatic rings. The summed E-state index contributed by atoms with van der Waals surface area (Å²) in [4.78, 5) is 34.2. The number of carbonyl (C=O) groups excluding carboxylic acids is 2. The Labute approximate surface area is 233 Å². The average molecular weight is 542 g/mol. The topological polar surface area (TPSA) is 71.4 Å². The summed E-state index contributed by atoms with van der Waals surface area (Å²) in [5, 5.41) is 0.632. The fourth-order valence-electron chi connectivity index (χ4n) is 4.49. The van der Waals surface area contributed by atoms with E-state index in [2.05, 4.69) is 4.99 Å². The van der Waals surface area contributed by atoms with Gasteiger partial charge in [-0.2, -0.15) is 0 Å². The van der Waals surface area contributed by atoms with Crippen LogP contribution in [0.3, 0.4) is 0 Å². The van der Waals surface area contributed by atoms with Gasteiger partial charge in [-0.15, -0.1) is 0 Å². The van der Waals surface area contributed by atoms with Crippen LogP contribution in [-0.2, 0) is 11.4 Å². The number of para-hydroxylation sites is 1. The molecule has 2 aliphatic heterocycles. The lowest BCUT2D eigenvalue weighted by molar-refractivity contribution is -0.121. The van der Waals surface area contributed by atoms with Crippen LogP contribution in [-0.4, -0.2) is 54.0 Å². The first kappa shape index (κ1) is 26.6. The molecule has 0 aliphatic carbocycles. The summed E-state index contributed by atoms with van der Waals surface area (Å²) in [6.45, 7) is 2.01. The third-order valence-corrected chi connectivity index (χ3v) is 7.77. The summed E-state index contributed by atoms with van der Waals surface area (Å²) in [7, 11) is 3.32. The molecule has 3 aromatic carbocycles. The molecule has 2 fully saturated rings. The van der Waals surface area contributed by atoms with Crippen molar-refractivity contribution in [2.75, 3.05) is 27.2 Å². The number of aliphatic imine (C=N–C) groups is 1. The maximum Gasteiger partial charge on any atom is 0.266 e. The van der Waals surface area contributed by atoms with Gasteiger partial charge in [0.1, 0.15) is 6.61 Å². The zero-order valence-corrected chi connectivity index (χ0v) is 22.9. The molecule has 200 valence electrons. The molecule has 8 heteroatoms. The predicted octanol–water partition coefficient (Wildman–Crippen LogP) is 6.13. The smallest absolute Gasteiger partial charge is 0.266 e. The minimum absolute atomic E-state index is 0.0945. The highest BCUT2D eigenvalue weighted by molar-refractivity contribution is 8.18. The molecule has 2 amide bonds. The van der Waals surface area contributed by atoms with Crippen molar-refractivity contribution in [1.82, 2.24) is 9.80 Å². The Balaban J connectivity index is 1.24. The van der Waals surface area contributed by atoms with Gasteiger partial charge in [0.05, 0.1) is 17.7 Å². The largest absolute Gasteiger partial charge is 0.493 e. The Kier molecular flexibility index (Phi) is 8.32. The van der Waals surface area contributed by atoms with Gasteiger partial charge in [-0.25, -0.2) is 4.99 Å². The van der Waals surface area contributed by atoms with E-state index in [-0.39, 0.29) is 11.8 Å². The minimum Gasteiger partial charge on any atom is -0.493 e. The Morgan fingerprint density at radius 3 is 2.44 bits per heavy atom. The monoisotopic (exact) mass is 541 g/mol. The summed E-state index contributed by atoms with van der Waals surface area (Å²) in [6.07, 6.45) is 5.18. The Morgan fingerprint density at radius 2 is 1.72 bits per heavy atom. The van der Waals surface area contributed by atoms with E-state index in [0.717, 1.165) is 42.7 Å². The molecule has 2 heterocycles. The van der Waals surface area contributed by atoms with Gasteiger partial charge in [-0.1, -0.05) is 36.4 Å². The van der Waals surface area contributed by atoms with Gasteiger partial charge in [0.25, 0.3) is 11.8 Å². The number of thioether (sulfide) groups is 1. The highest BCUT2D eigenvalue weighted by Crippen LogP contribution is 2.35. The zero-order valence-electron chi connectivity index (χ0n) is 22.1. The van der Waals surface area contributed by atoms with Gasteiger partial charge >= 0.3 is 0 Å². The second-order valence-electron chi connectivity index (χ2n) is 9.45. The average Bonchev–Trinajstić information content (AvgIpc) is 3.24. The number of likely N-dealkylation sites (N-methyl/N-ethyl adjacent to an activating group) is 1. The Bertz CT molecular complexity index is 1400. The van der Waals surface area contributed by atoms with Crippen LogP contribution in [0.25, 0.3) is 6.08 Å². The van der Waals surface area contributed by atoms with Gasteiger partial charge in [0, 0.05) is 25.7 Å². The van der Waals surface area contributed by atoms with Crippen molar-refractivity contribution in [3.05, 3.63) is 94.4 Å². The van der Waals surface area contributed by atoms with Crippen LogP contribution < -0.4 is 9.47 Å². The molecule has 0 radical (unpaired) electrons. The van der Waals surface area contributed by atoms with E-state index < -0.39 is 0 Å². The number of carbonyl (C=O) groups is 2. The molecule has 0 bridgehead atoms. The van der Waals surface area contributed by atoms with E-state index in [1.54, 1.807) is 19.1 Å². The molecule has 0 aromatic heterocycles. The first-order valence-electron chi connectivity index (χ1n) is 13.0. The maximum absolute atomic E-state index is 12.8. The van der Waals surface area contributed by atoms with E-state index in [1.165, 1.54) is 18.2 Å². The van der Waals surface area contributed by atoms with E-state index in [9.17, 15) is 9.59 Å². The van der Waals surface area contributed by atoms with Crippen molar-refractivity contribution in [3.8, 4) is 11.5 Å². The molecule has 0 spiro atoms. The predicted molar refractivity (Wildman–Crippen MR) is 155 cm³/mol. The van der Waals surface area contributed by atoms with E-state index >= 15 is 0 Å². The molecule has 5 rings (SSSR count). The van der Waals surface area contributed by atoms with Gasteiger partial charge in [-0.05, 0) is 84.6 Å². The van der Waals surface area contributed by atoms with E-state index in [0.29, 0.717) is 33.7 Å². The molecule has 2 saturated heterocycles. The highest BCUT2D eigenvalue weighted by atomic mass is 32.2. The number of likely N-dealkylation sites (tertiary alicyclic amines) is 1. The number of hydrogen-bond acceptors (Lipinski definition) is 6. The van der Waals surface area contributed by atoms with Crippen LogP contribution in [0.1, 0.15) is 40.7 Å². The van der Waals surface area contributed by atoms with Crippen molar-refractivity contribution < 1.29 is 19.1 Å². The third-order valence-electron chi connectivity index (χ3n) is 6.71. The van der Waals surface area contributed by atoms with Crippen LogP contribution in [0, 0.1) is 0 Å². The number of amides is 2. The number of methoxy groups -OCH3 is 1. The third kappa shape index (κ3) is 6.34. The van der Waals surface area contributed by atoms with Crippen LogP contribution in [0.15, 0.2) is 82.7 Å². The summed E-state index contributed by atoms with van der Waals surface area (Å²) in [5.74, 6) is 1.17. The number of hydrogen-bond donors (Lipinski definition) is 0. The number of piperidine rings is 1. The molecule has 7 nitrogen and oxygen atoms in total. The molecule has 0 unspecified atom stereocenters. The van der Waals surface area contributed by atoms with Crippen LogP contribution in [0.2, 0.25) is 0 Å². The van der Waals surface area contributed by atoms with Crippen molar-refractivity contribution in [2.24, 2.45) is 4.99 Å². The number of benzene rings is 3. The quantitative estimate of drug-likeness (QED) is 0.336. The normalized spacial score (nSPS) is 17.6. The van der Waals surface area contributed by atoms with Gasteiger partial charge in [-0.3, -0.25) is 14.5 Å². The standard InChI is InChI=1S/C31H31N3O4S/c1-33-30(36)28(39-31(33)32-25-9-5-3-6-10-25)20-23-13-16-26(27(19-23)37-2)38-21-22-11-14-24(15-12-22)29(35)34-17-7-4-8-18-34/h3,5-6,9-16,19-20H,4,7-8,17-18,21H2,1-2H3/b28-20-,32-31?. The highest BCUT2D eigenvalue weighted by Gasteiger charge is 2.30. The Hall–Kier alpha value is -4.04. The lowest BCUT2D eigenvalue weighted by atomic mass is 10.1. The molecule has 0 N–H and O–H groups in total. The molecule has 39 heavy (non-hydrogen) atoms. The minimum atomic E-state index is -0.101. The fourth-order valence-corrected chi connectivity index (χ4v) is 5.48. The number of rotatable bonds is 7. The molecule has 0 atom stereocenters. The Morgan fingerprint density at radius 1 is 0.974 bits per heavy atom. The molecule has 2 aliphatic rings. The molecular formula is C31H31N3O4S. The number of amidine groups is 1. The lowest BCUT2D eigenvalue weighted by Crippen LogP contribution is -2.35. The van der Waals surface area contributed by atoms with Gasteiger partial charge in [0.15, 0.2) is 16.7 Å². The molecule has 0 saturated carbocycles. The van der Waals surface area contributed by atoms with Crippen LogP contribution >= 0.6 is 11.8 Å². The van der Waals surface area contributed by atoms with E-state index in [4.69, 9.17) is 9.47 Å². The summed E-state index contributed by atoms with van der Waals surface area (Å²) < 4.78 is 11.6. The summed E-state index contributed by atoms with van der Waals surface area (Å²) in [5.41, 5.74) is 3.29. The maximum atomic E-state index is 12.8. The summed E-state index contributed by atoms with van der Waals surface area (Å²) in [6, 6.07) is 22.7. The van der Waals surface area contributed by atoms with Crippen LogP contribution in [0.5, 0.6) is 11.5 Å². The zero-order chi connectivity index (χ0) is 27.2. The first-order valence-corrected chi connectivity index (χ1v) is 13.8. The van der Waals surface area contributed by atoms with Crippen molar-refractivity contribution in [2.45, 2.75) is 25.9 Å². The lowest BCUT2D eigenvalue weighted by Gasteiger charge is -2.26. The second-order valence-corrected chi connectivity index (χ2v) is 10.5. The molecular weight excluding hydrogens is 510 g/mol. The number of ether oxygens (including phenoxy) is 2. The van der Waals surface area contributed by atoms with Crippen molar-refractivity contribution in [1.29, 1.82) is 0 Å². The van der Waals surface area contributed by atoms with E-state index in [1.807, 2.05) is 83.8 Å². The summed E-state index contributed by atoms with van der Waals surface area (Å²) >= 11 is 1.34.